The summed E-state index contributed by atoms with van der Waals surface area (Å²) in [5.41, 5.74) is 0.826. The van der Waals surface area contributed by atoms with Gasteiger partial charge in [-0.2, -0.15) is 9.97 Å². The number of carbonyl (C=O) groups is 1. The van der Waals surface area contributed by atoms with Gasteiger partial charge in [0.2, 0.25) is 0 Å². The summed E-state index contributed by atoms with van der Waals surface area (Å²) in [4.78, 5) is 33.7. The minimum atomic E-state index is -0.904. The Labute approximate surface area is 290 Å². The fourth-order valence-corrected chi connectivity index (χ4v) is 8.74. The molecule has 4 saturated heterocycles. The van der Waals surface area contributed by atoms with E-state index in [-0.39, 0.29) is 42.0 Å². The van der Waals surface area contributed by atoms with Crippen molar-refractivity contribution in [1.82, 2.24) is 24.8 Å². The van der Waals surface area contributed by atoms with Crippen LogP contribution >= 0.6 is 0 Å². The summed E-state index contributed by atoms with van der Waals surface area (Å²) in [7, 11) is 1.64. The normalized spacial score (nSPS) is 25.1. The van der Waals surface area contributed by atoms with E-state index in [9.17, 15) is 9.18 Å². The lowest BCUT2D eigenvalue weighted by Gasteiger charge is -2.42. The maximum atomic E-state index is 17.0. The topological polar surface area (TPSA) is 93.2 Å². The van der Waals surface area contributed by atoms with Gasteiger partial charge < -0.3 is 19.1 Å². The van der Waals surface area contributed by atoms with Crippen LogP contribution in [0.4, 0.5) is 19.4 Å². The Morgan fingerprint density at radius 3 is 2.56 bits per heavy atom. The van der Waals surface area contributed by atoms with Gasteiger partial charge in [-0.25, -0.2) is 13.6 Å². The molecule has 2 aromatic carbocycles. The van der Waals surface area contributed by atoms with Crippen molar-refractivity contribution in [1.29, 1.82) is 0 Å². The molecule has 4 aliphatic rings. The van der Waals surface area contributed by atoms with Crippen molar-refractivity contribution in [2.75, 3.05) is 44.8 Å². The van der Waals surface area contributed by atoms with Crippen molar-refractivity contribution >= 4 is 33.6 Å². The molecule has 2 unspecified atom stereocenters. The van der Waals surface area contributed by atoms with E-state index in [4.69, 9.17) is 24.2 Å². The van der Waals surface area contributed by atoms with Gasteiger partial charge in [0, 0.05) is 44.9 Å². The quantitative estimate of drug-likeness (QED) is 0.211. The second-order valence-electron chi connectivity index (χ2n) is 15.3. The van der Waals surface area contributed by atoms with Gasteiger partial charge in [-0.1, -0.05) is 36.4 Å². The predicted octanol–water partition coefficient (Wildman–Crippen LogP) is 6.67. The highest BCUT2D eigenvalue weighted by molar-refractivity contribution is 6.00. The molecule has 0 N–H and O–H groups in total. The van der Waals surface area contributed by atoms with Crippen LogP contribution in [0.25, 0.3) is 32.9 Å². The number of methoxy groups -OCH3 is 1. The Balaban J connectivity index is 1.21. The number of fused-ring (bicyclic) bond motifs is 5. The number of nitrogens with zero attached hydrogens (tertiary/aromatic N) is 6. The van der Waals surface area contributed by atoms with Crippen molar-refractivity contribution < 1.29 is 27.8 Å². The maximum absolute atomic E-state index is 17.0. The number of alkyl halides is 1. The van der Waals surface area contributed by atoms with Crippen molar-refractivity contribution in [3.05, 3.63) is 54.0 Å². The zero-order chi connectivity index (χ0) is 34.8. The average molecular weight is 687 g/mol. The van der Waals surface area contributed by atoms with Crippen molar-refractivity contribution in [2.24, 2.45) is 0 Å². The molecule has 4 aromatic rings. The number of carbonyl (C=O) groups excluding carboxylic acids is 1. The molecule has 264 valence electrons. The number of aromatic nitrogens is 3. The Morgan fingerprint density at radius 2 is 1.82 bits per heavy atom. The van der Waals surface area contributed by atoms with Gasteiger partial charge in [-0.05, 0) is 69.3 Å². The van der Waals surface area contributed by atoms with E-state index in [0.29, 0.717) is 49.4 Å². The van der Waals surface area contributed by atoms with Gasteiger partial charge in [0.05, 0.1) is 29.6 Å². The van der Waals surface area contributed by atoms with Crippen LogP contribution in [0, 0.1) is 5.82 Å². The molecule has 0 aliphatic carbocycles. The van der Waals surface area contributed by atoms with Crippen molar-refractivity contribution in [3.8, 4) is 17.3 Å². The third kappa shape index (κ3) is 5.79. The van der Waals surface area contributed by atoms with Crippen molar-refractivity contribution in [2.45, 2.75) is 88.9 Å². The number of halogens is 2. The summed E-state index contributed by atoms with van der Waals surface area (Å²) < 4.78 is 49.2. The summed E-state index contributed by atoms with van der Waals surface area (Å²) in [5.74, 6) is -0.0614. The summed E-state index contributed by atoms with van der Waals surface area (Å²) in [6.07, 6.45) is 4.30. The van der Waals surface area contributed by atoms with E-state index in [2.05, 4.69) is 14.8 Å². The number of hydrogen-bond acceptors (Lipinski definition) is 9. The number of ether oxygens (including phenoxy) is 3. The van der Waals surface area contributed by atoms with Crippen LogP contribution < -0.4 is 9.64 Å². The maximum Gasteiger partial charge on any atom is 0.410 e. The highest BCUT2D eigenvalue weighted by Gasteiger charge is 2.50. The monoisotopic (exact) mass is 686 g/mol. The molecule has 4 fully saturated rings. The molecule has 2 aromatic heterocycles. The lowest BCUT2D eigenvalue weighted by atomic mass is 9.95. The van der Waals surface area contributed by atoms with Gasteiger partial charge in [0.25, 0.3) is 0 Å². The van der Waals surface area contributed by atoms with Crippen molar-refractivity contribution in [3.63, 3.8) is 0 Å². The van der Waals surface area contributed by atoms with Crippen LogP contribution in [-0.2, 0) is 16.1 Å². The molecular weight excluding hydrogens is 642 g/mol. The molecule has 4 aliphatic heterocycles. The second-order valence-corrected chi connectivity index (χ2v) is 15.3. The molecule has 50 heavy (non-hydrogen) atoms. The number of piperazine rings is 1. The zero-order valence-corrected chi connectivity index (χ0v) is 29.1. The third-order valence-corrected chi connectivity index (χ3v) is 10.8. The Bertz CT molecular complexity index is 1940. The highest BCUT2D eigenvalue weighted by Crippen LogP contribution is 2.42. The number of anilines is 1. The van der Waals surface area contributed by atoms with Gasteiger partial charge in [-0.3, -0.25) is 14.8 Å². The molecule has 10 nitrogen and oxygen atoms in total. The molecule has 0 spiro atoms. The Kier molecular flexibility index (Phi) is 8.29. The Hall–Kier alpha value is -4.16. The van der Waals surface area contributed by atoms with Gasteiger partial charge in [-0.15, -0.1) is 0 Å². The van der Waals surface area contributed by atoms with Crippen LogP contribution in [-0.4, -0.2) is 100 Å². The summed E-state index contributed by atoms with van der Waals surface area (Å²) >= 11 is 0. The number of benzene rings is 2. The molecule has 6 heterocycles. The smallest absolute Gasteiger partial charge is 0.410 e. The van der Waals surface area contributed by atoms with Crippen LogP contribution in [0.15, 0.2) is 42.6 Å². The summed E-state index contributed by atoms with van der Waals surface area (Å²) in [6, 6.07) is 11.6. The van der Waals surface area contributed by atoms with E-state index in [1.54, 1.807) is 13.3 Å². The molecule has 0 radical (unpaired) electrons. The van der Waals surface area contributed by atoms with Crippen LogP contribution in [0.2, 0.25) is 0 Å². The first-order valence-electron chi connectivity index (χ1n) is 17.7. The largest absolute Gasteiger partial charge is 0.461 e. The first-order valence-corrected chi connectivity index (χ1v) is 17.7. The first-order chi connectivity index (χ1) is 24.0. The van der Waals surface area contributed by atoms with Crippen LogP contribution in [0.3, 0.4) is 0 Å². The first kappa shape index (κ1) is 33.0. The minimum Gasteiger partial charge on any atom is -0.461 e. The predicted molar refractivity (Wildman–Crippen MR) is 187 cm³/mol. The van der Waals surface area contributed by atoms with Crippen LogP contribution in [0.5, 0.6) is 6.01 Å². The lowest BCUT2D eigenvalue weighted by molar-refractivity contribution is 0.0122. The van der Waals surface area contributed by atoms with E-state index in [1.807, 2.05) is 62.1 Å². The number of amides is 1. The highest BCUT2D eigenvalue weighted by atomic mass is 19.1. The van der Waals surface area contributed by atoms with E-state index in [1.165, 1.54) is 0 Å². The summed E-state index contributed by atoms with van der Waals surface area (Å²) in [6.45, 7) is 8.42. The molecule has 12 heteroatoms. The molecule has 1 amide bonds. The summed E-state index contributed by atoms with van der Waals surface area (Å²) in [5, 5.41) is 2.28. The minimum absolute atomic E-state index is 0.0481. The standard InChI is InChI=1S/C38H44F2N6O4/c1-37(2,3)50-36(47)46-26-12-13-27(46)20-44(19-26)34-29-17-41-32(28-11-6-9-23-8-5-10-24(21-48-4)30(23)28)31(40)33(29)42-35(43-34)49-22-38-14-7-15-45(38)18-25(39)16-38/h5-6,8-11,17,25-27H,7,12-16,18-22H2,1-4H3/t25?,26-,27+,38?. The number of pyridine rings is 1. The molecule has 4 atom stereocenters. The van der Waals surface area contributed by atoms with Gasteiger partial charge in [0.1, 0.15) is 35.4 Å². The van der Waals surface area contributed by atoms with E-state index >= 15 is 4.39 Å². The zero-order valence-electron chi connectivity index (χ0n) is 29.1. The third-order valence-electron chi connectivity index (χ3n) is 10.8. The lowest BCUT2D eigenvalue weighted by Crippen LogP contribution is -2.57. The fourth-order valence-electron chi connectivity index (χ4n) is 8.74. The fraction of sp³-hybridized carbons (Fsp3) is 0.526. The number of hydrogen-bond donors (Lipinski definition) is 0. The van der Waals surface area contributed by atoms with E-state index < -0.39 is 23.1 Å². The van der Waals surface area contributed by atoms with Gasteiger partial charge in [0.15, 0.2) is 5.82 Å². The molecule has 0 saturated carbocycles. The number of rotatable bonds is 7. The molecule has 2 bridgehead atoms. The van der Waals surface area contributed by atoms with Crippen LogP contribution in [0.1, 0.15) is 58.4 Å². The second kappa shape index (κ2) is 12.6. The van der Waals surface area contributed by atoms with E-state index in [0.717, 1.165) is 48.6 Å². The van der Waals surface area contributed by atoms with Gasteiger partial charge >= 0.3 is 12.1 Å². The molecular formula is C38H44F2N6O4. The average Bonchev–Trinajstić information content (AvgIpc) is 3.70. The SMILES string of the molecule is COCc1cccc2cccc(-c3ncc4c(N5C[C@H]6CC[C@@H](C5)N6C(=O)OC(C)(C)C)nc(OCC56CCCN5CC(F)C6)nc4c3F)c12. The molecule has 8 rings (SSSR count). The Morgan fingerprint density at radius 1 is 1.06 bits per heavy atom.